The first-order chi connectivity index (χ1) is 17.0. The number of carbonyl (C=O) groups is 2. The van der Waals surface area contributed by atoms with Crippen LogP contribution in [0.3, 0.4) is 0 Å². The maximum absolute atomic E-state index is 13.0. The van der Waals surface area contributed by atoms with Crippen molar-refractivity contribution in [3.63, 3.8) is 0 Å². The third-order valence-electron chi connectivity index (χ3n) is 5.74. The van der Waals surface area contributed by atoms with Crippen molar-refractivity contribution in [2.45, 2.75) is 24.7 Å². The van der Waals surface area contributed by atoms with Gasteiger partial charge in [-0.3, -0.25) is 9.59 Å². The molecule has 2 heterocycles. The van der Waals surface area contributed by atoms with Crippen molar-refractivity contribution in [2.75, 3.05) is 19.5 Å². The molecule has 0 aliphatic carbocycles. The van der Waals surface area contributed by atoms with Crippen molar-refractivity contribution in [3.05, 3.63) is 71.7 Å². The third kappa shape index (κ3) is 5.08. The molecule has 0 saturated carbocycles. The number of amides is 1. The summed E-state index contributed by atoms with van der Waals surface area (Å²) in [4.78, 5) is 25.7. The molecule has 0 aliphatic heterocycles. The Labute approximate surface area is 207 Å². The summed E-state index contributed by atoms with van der Waals surface area (Å²) < 4.78 is 8.87. The predicted octanol–water partition coefficient (Wildman–Crippen LogP) is 3.24. The summed E-state index contributed by atoms with van der Waals surface area (Å²) in [5.41, 5.74) is 2.10. The third-order valence-corrected chi connectivity index (χ3v) is 6.71. The van der Waals surface area contributed by atoms with Gasteiger partial charge >= 0.3 is 0 Å². The van der Waals surface area contributed by atoms with Gasteiger partial charge in [0.2, 0.25) is 0 Å². The second-order valence-electron chi connectivity index (χ2n) is 7.90. The smallest absolute Gasteiger partial charge is 0.251 e. The number of rotatable bonds is 10. The molecule has 10 heteroatoms. The Kier molecular flexibility index (Phi) is 7.52. The molecule has 1 amide bonds. The maximum Gasteiger partial charge on any atom is 0.251 e. The Morgan fingerprint density at radius 3 is 2.57 bits per heavy atom. The zero-order valence-electron chi connectivity index (χ0n) is 19.8. The summed E-state index contributed by atoms with van der Waals surface area (Å²) in [5, 5.41) is 22.7. The molecule has 0 aliphatic rings. The van der Waals surface area contributed by atoms with Gasteiger partial charge in [0, 0.05) is 41.8 Å². The lowest BCUT2D eigenvalue weighted by molar-refractivity contribution is 0.0911. The Morgan fingerprint density at radius 2 is 1.89 bits per heavy atom. The van der Waals surface area contributed by atoms with Crippen LogP contribution < -0.4 is 10.1 Å². The number of nitrogens with one attached hydrogen (secondary N) is 1. The van der Waals surface area contributed by atoms with E-state index in [2.05, 4.69) is 15.5 Å². The van der Waals surface area contributed by atoms with Gasteiger partial charge in [-0.25, -0.2) is 0 Å². The van der Waals surface area contributed by atoms with Crippen LogP contribution in [-0.2, 0) is 13.6 Å². The van der Waals surface area contributed by atoms with Gasteiger partial charge < -0.3 is 24.3 Å². The average molecular weight is 494 g/mol. The Bertz CT molecular complexity index is 1350. The molecule has 182 valence electrons. The number of ketones is 1. The molecule has 2 N–H and O–H groups in total. The highest BCUT2D eigenvalue weighted by Crippen LogP contribution is 2.25. The molecule has 35 heavy (non-hydrogen) atoms. The number of aliphatic hydroxyl groups is 1. The molecular weight excluding hydrogens is 466 g/mol. The van der Waals surface area contributed by atoms with Crippen molar-refractivity contribution < 1.29 is 19.4 Å². The first kappa shape index (κ1) is 24.5. The van der Waals surface area contributed by atoms with Crippen LogP contribution in [-0.4, -0.2) is 55.6 Å². The summed E-state index contributed by atoms with van der Waals surface area (Å²) in [6.45, 7) is 2.09. The van der Waals surface area contributed by atoms with E-state index in [1.165, 1.54) is 11.8 Å². The molecule has 0 spiro atoms. The van der Waals surface area contributed by atoms with E-state index in [-0.39, 0.29) is 24.1 Å². The van der Waals surface area contributed by atoms with E-state index in [0.29, 0.717) is 34.4 Å². The number of methoxy groups -OCH3 is 1. The molecule has 0 unspecified atom stereocenters. The van der Waals surface area contributed by atoms with Crippen molar-refractivity contribution in [1.82, 2.24) is 24.6 Å². The molecule has 0 bridgehead atoms. The molecule has 0 radical (unpaired) electrons. The Morgan fingerprint density at radius 1 is 1.14 bits per heavy atom. The van der Waals surface area contributed by atoms with Gasteiger partial charge in [0.15, 0.2) is 16.8 Å². The quantitative estimate of drug-likeness (QED) is 0.258. The van der Waals surface area contributed by atoms with Gasteiger partial charge in [0.25, 0.3) is 5.91 Å². The highest BCUT2D eigenvalue weighted by atomic mass is 32.2. The van der Waals surface area contributed by atoms with Crippen LogP contribution >= 0.6 is 11.8 Å². The van der Waals surface area contributed by atoms with E-state index >= 15 is 0 Å². The van der Waals surface area contributed by atoms with Crippen LogP contribution in [0.4, 0.5) is 0 Å². The zero-order valence-corrected chi connectivity index (χ0v) is 20.6. The number of hydrogen-bond donors (Lipinski definition) is 2. The lowest BCUT2D eigenvalue weighted by Gasteiger charge is -2.17. The minimum atomic E-state index is -0.750. The SMILES string of the molecule is CCn1c(SCC(=O)c2cn(C)c3ccccc23)nnc1[C@@H](CO)NC(=O)c1ccc(OC)cc1. The monoisotopic (exact) mass is 493 g/mol. The molecule has 9 nitrogen and oxygen atoms in total. The molecule has 4 aromatic rings. The van der Waals surface area contributed by atoms with Gasteiger partial charge in [-0.1, -0.05) is 30.0 Å². The van der Waals surface area contributed by atoms with E-state index in [1.807, 2.05) is 49.0 Å². The van der Waals surface area contributed by atoms with E-state index in [1.54, 1.807) is 35.9 Å². The largest absolute Gasteiger partial charge is 0.497 e. The second kappa shape index (κ2) is 10.7. The lowest BCUT2D eigenvalue weighted by atomic mass is 10.1. The zero-order chi connectivity index (χ0) is 24.9. The van der Waals surface area contributed by atoms with E-state index in [4.69, 9.17) is 4.74 Å². The average Bonchev–Trinajstić information content (AvgIpc) is 3.46. The number of thioether (sulfide) groups is 1. The van der Waals surface area contributed by atoms with E-state index in [0.717, 1.165) is 10.9 Å². The van der Waals surface area contributed by atoms with Crippen LogP contribution in [0.1, 0.15) is 39.5 Å². The first-order valence-electron chi connectivity index (χ1n) is 11.2. The highest BCUT2D eigenvalue weighted by molar-refractivity contribution is 7.99. The normalized spacial score (nSPS) is 12.0. The minimum Gasteiger partial charge on any atom is -0.497 e. The summed E-state index contributed by atoms with van der Waals surface area (Å²) in [5.74, 6) is 0.902. The van der Waals surface area contributed by atoms with Crippen molar-refractivity contribution in [3.8, 4) is 5.75 Å². The van der Waals surface area contributed by atoms with Gasteiger partial charge in [-0.05, 0) is 37.3 Å². The number of benzene rings is 2. The molecule has 0 fully saturated rings. The molecule has 4 rings (SSSR count). The fourth-order valence-corrected chi connectivity index (χ4v) is 4.80. The van der Waals surface area contributed by atoms with Gasteiger partial charge in [-0.15, -0.1) is 10.2 Å². The lowest BCUT2D eigenvalue weighted by Crippen LogP contribution is -2.32. The number of aryl methyl sites for hydroxylation is 1. The summed E-state index contributed by atoms with van der Waals surface area (Å²) in [6.07, 6.45) is 1.85. The van der Waals surface area contributed by atoms with Crippen molar-refractivity contribution >= 4 is 34.4 Å². The van der Waals surface area contributed by atoms with Crippen LogP contribution in [0, 0.1) is 0 Å². The standard InChI is InChI=1S/C25H27N5O4S/c1-4-30-23(20(14-31)26-24(33)16-9-11-17(34-3)12-10-16)27-28-25(30)35-15-22(32)19-13-29(2)21-8-6-5-7-18(19)21/h5-13,20,31H,4,14-15H2,1-3H3,(H,26,33)/t20-/m1/s1. The topological polar surface area (TPSA) is 111 Å². The Hall–Kier alpha value is -3.63. The summed E-state index contributed by atoms with van der Waals surface area (Å²) in [6, 6.07) is 13.7. The number of ether oxygens (including phenoxy) is 1. The van der Waals surface area contributed by atoms with Crippen molar-refractivity contribution in [2.24, 2.45) is 7.05 Å². The van der Waals surface area contributed by atoms with E-state index in [9.17, 15) is 14.7 Å². The number of nitrogens with zero attached hydrogens (tertiary/aromatic N) is 4. The molecule has 2 aromatic heterocycles. The molecule has 2 aromatic carbocycles. The number of para-hydroxylation sites is 1. The fraction of sp³-hybridized carbons (Fsp3) is 0.280. The van der Waals surface area contributed by atoms with Crippen LogP contribution in [0.15, 0.2) is 59.9 Å². The summed E-state index contributed by atoms with van der Waals surface area (Å²) >= 11 is 1.28. The van der Waals surface area contributed by atoms with Crippen molar-refractivity contribution in [1.29, 1.82) is 0 Å². The second-order valence-corrected chi connectivity index (χ2v) is 8.85. The first-order valence-corrected chi connectivity index (χ1v) is 12.1. The van der Waals surface area contributed by atoms with Crippen LogP contribution in [0.5, 0.6) is 5.75 Å². The van der Waals surface area contributed by atoms with Crippen LogP contribution in [0.2, 0.25) is 0 Å². The van der Waals surface area contributed by atoms with E-state index < -0.39 is 6.04 Å². The number of aromatic nitrogens is 4. The fourth-order valence-electron chi connectivity index (χ4n) is 3.91. The molecule has 1 atom stereocenters. The number of hydrogen-bond acceptors (Lipinski definition) is 7. The number of carbonyl (C=O) groups excluding carboxylic acids is 2. The Balaban J connectivity index is 1.48. The number of aliphatic hydroxyl groups excluding tert-OH is 1. The molecular formula is C25H27N5O4S. The van der Waals surface area contributed by atoms with Gasteiger partial charge in [0.1, 0.15) is 11.8 Å². The number of fused-ring (bicyclic) bond motifs is 1. The highest BCUT2D eigenvalue weighted by Gasteiger charge is 2.24. The van der Waals surface area contributed by atoms with Gasteiger partial charge in [-0.2, -0.15) is 0 Å². The predicted molar refractivity (Wildman–Crippen MR) is 134 cm³/mol. The van der Waals surface area contributed by atoms with Crippen LogP contribution in [0.25, 0.3) is 10.9 Å². The maximum atomic E-state index is 13.0. The van der Waals surface area contributed by atoms with Gasteiger partial charge in [0.05, 0.1) is 19.5 Å². The summed E-state index contributed by atoms with van der Waals surface area (Å²) in [7, 11) is 3.47. The minimum absolute atomic E-state index is 0.00878. The molecule has 0 saturated heterocycles. The number of Topliss-reactive ketones (excluding diaryl/α,β-unsaturated/α-hetero) is 1.